The van der Waals surface area contributed by atoms with Gasteiger partial charge in [-0.3, -0.25) is 9.69 Å². The Balaban J connectivity index is 2.76. The fourth-order valence-corrected chi connectivity index (χ4v) is 1.88. The van der Waals surface area contributed by atoms with Crippen LogP contribution in [0.1, 0.15) is 26.3 Å². The Kier molecular flexibility index (Phi) is 5.83. The molecule has 0 saturated carbocycles. The summed E-state index contributed by atoms with van der Waals surface area (Å²) >= 11 is 0. The van der Waals surface area contributed by atoms with Crippen LogP contribution in [0.3, 0.4) is 0 Å². The molecule has 0 aromatic heterocycles. The number of likely N-dealkylation sites (N-methyl/N-ethyl adjacent to an activating group) is 1. The first kappa shape index (κ1) is 15.5. The van der Waals surface area contributed by atoms with Crippen molar-refractivity contribution in [1.29, 1.82) is 0 Å². The molecule has 0 bridgehead atoms. The van der Waals surface area contributed by atoms with E-state index in [9.17, 15) is 9.90 Å². The highest BCUT2D eigenvalue weighted by molar-refractivity contribution is 5.74. The SMILES string of the molecule is CCOc1ccc(C[C@@H](C(=O)O)N(C)C(C)C)cc1. The molecule has 0 amide bonds. The lowest BCUT2D eigenvalue weighted by Gasteiger charge is -2.28. The Morgan fingerprint density at radius 3 is 2.32 bits per heavy atom. The lowest BCUT2D eigenvalue weighted by molar-refractivity contribution is -0.143. The lowest BCUT2D eigenvalue weighted by Crippen LogP contribution is -2.43. The fourth-order valence-electron chi connectivity index (χ4n) is 1.88. The molecule has 1 aromatic carbocycles. The average molecular weight is 265 g/mol. The standard InChI is InChI=1S/C15H23NO3/c1-5-19-13-8-6-12(7-9-13)10-14(15(17)18)16(4)11(2)3/h6-9,11,14H,5,10H2,1-4H3,(H,17,18)/t14-/m0/s1. The third kappa shape index (κ3) is 4.56. The van der Waals surface area contributed by atoms with Crippen molar-refractivity contribution in [3.8, 4) is 5.75 Å². The number of carbonyl (C=O) groups is 1. The van der Waals surface area contributed by atoms with Gasteiger partial charge in [0.05, 0.1) is 6.61 Å². The van der Waals surface area contributed by atoms with Crippen molar-refractivity contribution in [3.05, 3.63) is 29.8 Å². The molecule has 1 N–H and O–H groups in total. The summed E-state index contributed by atoms with van der Waals surface area (Å²) in [4.78, 5) is 13.2. The molecule has 1 rings (SSSR count). The van der Waals surface area contributed by atoms with Crippen molar-refractivity contribution in [1.82, 2.24) is 4.90 Å². The predicted molar refractivity (Wildman–Crippen MR) is 75.6 cm³/mol. The average Bonchev–Trinajstić information content (AvgIpc) is 2.37. The van der Waals surface area contributed by atoms with Crippen LogP contribution in [0.5, 0.6) is 5.75 Å². The molecule has 0 radical (unpaired) electrons. The number of hydrogen-bond donors (Lipinski definition) is 1. The Morgan fingerprint density at radius 1 is 1.32 bits per heavy atom. The van der Waals surface area contributed by atoms with E-state index in [4.69, 9.17) is 4.74 Å². The minimum absolute atomic E-state index is 0.198. The third-order valence-electron chi connectivity index (χ3n) is 3.25. The summed E-state index contributed by atoms with van der Waals surface area (Å²) in [7, 11) is 1.85. The van der Waals surface area contributed by atoms with Gasteiger partial charge in [-0.15, -0.1) is 0 Å². The summed E-state index contributed by atoms with van der Waals surface area (Å²) in [6.07, 6.45) is 0.496. The summed E-state index contributed by atoms with van der Waals surface area (Å²) in [5, 5.41) is 9.33. The number of rotatable bonds is 7. The van der Waals surface area contributed by atoms with Crippen LogP contribution in [0.15, 0.2) is 24.3 Å². The summed E-state index contributed by atoms with van der Waals surface area (Å²) in [5.74, 6) is 0.0282. The topological polar surface area (TPSA) is 49.8 Å². The van der Waals surface area contributed by atoms with Crippen LogP contribution in [0.25, 0.3) is 0 Å². The second kappa shape index (κ2) is 7.14. The van der Waals surface area contributed by atoms with Gasteiger partial charge in [-0.2, -0.15) is 0 Å². The predicted octanol–water partition coefficient (Wildman–Crippen LogP) is 2.42. The van der Waals surface area contributed by atoms with E-state index in [1.165, 1.54) is 0 Å². The fraction of sp³-hybridized carbons (Fsp3) is 0.533. The van der Waals surface area contributed by atoms with Crippen LogP contribution in [-0.4, -0.2) is 41.7 Å². The maximum absolute atomic E-state index is 11.4. The molecule has 0 aliphatic heterocycles. The summed E-state index contributed by atoms with van der Waals surface area (Å²) in [5.41, 5.74) is 1.00. The Bertz CT molecular complexity index is 400. The highest BCUT2D eigenvalue weighted by Crippen LogP contribution is 2.15. The smallest absolute Gasteiger partial charge is 0.321 e. The van der Waals surface area contributed by atoms with Gasteiger partial charge < -0.3 is 9.84 Å². The Labute approximate surface area is 115 Å². The molecule has 4 nitrogen and oxygen atoms in total. The molecule has 106 valence electrons. The van der Waals surface area contributed by atoms with Gasteiger partial charge in [0, 0.05) is 6.04 Å². The second-order valence-corrected chi connectivity index (χ2v) is 4.89. The van der Waals surface area contributed by atoms with Crippen molar-refractivity contribution in [3.63, 3.8) is 0 Å². The molecular weight excluding hydrogens is 242 g/mol. The molecule has 0 aliphatic rings. The quantitative estimate of drug-likeness (QED) is 0.822. The molecule has 4 heteroatoms. The maximum atomic E-state index is 11.4. The lowest BCUT2D eigenvalue weighted by atomic mass is 10.0. The van der Waals surface area contributed by atoms with Crippen LogP contribution in [-0.2, 0) is 11.2 Å². The zero-order valence-corrected chi connectivity index (χ0v) is 12.1. The second-order valence-electron chi connectivity index (χ2n) is 4.89. The normalized spacial score (nSPS) is 12.7. The van der Waals surface area contributed by atoms with Crippen LogP contribution in [0.4, 0.5) is 0 Å². The number of ether oxygens (including phenoxy) is 1. The van der Waals surface area contributed by atoms with Crippen molar-refractivity contribution >= 4 is 5.97 Å². The summed E-state index contributed by atoms with van der Waals surface area (Å²) in [6, 6.07) is 7.31. The van der Waals surface area contributed by atoms with Crippen LogP contribution >= 0.6 is 0 Å². The van der Waals surface area contributed by atoms with E-state index >= 15 is 0 Å². The Hall–Kier alpha value is -1.55. The van der Waals surface area contributed by atoms with E-state index in [1.54, 1.807) is 0 Å². The summed E-state index contributed by atoms with van der Waals surface area (Å²) < 4.78 is 5.37. The monoisotopic (exact) mass is 265 g/mol. The third-order valence-corrected chi connectivity index (χ3v) is 3.25. The van der Waals surface area contributed by atoms with Gasteiger partial charge in [0.2, 0.25) is 0 Å². The largest absolute Gasteiger partial charge is 0.494 e. The number of aliphatic carboxylic acids is 1. The number of benzene rings is 1. The summed E-state index contributed by atoms with van der Waals surface area (Å²) in [6.45, 7) is 6.56. The number of carboxylic acids is 1. The van der Waals surface area contributed by atoms with Crippen molar-refractivity contribution in [2.24, 2.45) is 0 Å². The highest BCUT2D eigenvalue weighted by Gasteiger charge is 2.24. The Morgan fingerprint density at radius 2 is 1.89 bits per heavy atom. The molecule has 1 aromatic rings. The molecule has 0 heterocycles. The first-order chi connectivity index (χ1) is 8.95. The number of carboxylic acid groups (broad SMARTS) is 1. The number of hydrogen-bond acceptors (Lipinski definition) is 3. The molecule has 0 saturated heterocycles. The molecule has 0 unspecified atom stereocenters. The van der Waals surface area contributed by atoms with Gasteiger partial charge in [0.25, 0.3) is 0 Å². The van der Waals surface area contributed by atoms with Crippen LogP contribution < -0.4 is 4.74 Å². The maximum Gasteiger partial charge on any atom is 0.321 e. The van der Waals surface area contributed by atoms with E-state index in [0.29, 0.717) is 13.0 Å². The van der Waals surface area contributed by atoms with Crippen LogP contribution in [0.2, 0.25) is 0 Å². The van der Waals surface area contributed by atoms with Gasteiger partial charge in [0.15, 0.2) is 0 Å². The molecule has 0 aliphatic carbocycles. The molecule has 0 fully saturated rings. The number of nitrogens with zero attached hydrogens (tertiary/aromatic N) is 1. The van der Waals surface area contributed by atoms with Crippen LogP contribution in [0, 0.1) is 0 Å². The van der Waals surface area contributed by atoms with E-state index in [-0.39, 0.29) is 6.04 Å². The van der Waals surface area contributed by atoms with Gasteiger partial charge in [0.1, 0.15) is 11.8 Å². The van der Waals surface area contributed by atoms with Gasteiger partial charge in [-0.1, -0.05) is 12.1 Å². The van der Waals surface area contributed by atoms with Crippen molar-refractivity contribution in [2.45, 2.75) is 39.3 Å². The highest BCUT2D eigenvalue weighted by atomic mass is 16.5. The van der Waals surface area contributed by atoms with E-state index < -0.39 is 12.0 Å². The van der Waals surface area contributed by atoms with E-state index in [0.717, 1.165) is 11.3 Å². The zero-order valence-electron chi connectivity index (χ0n) is 12.1. The van der Waals surface area contributed by atoms with Gasteiger partial charge >= 0.3 is 5.97 Å². The first-order valence-corrected chi connectivity index (χ1v) is 6.62. The minimum Gasteiger partial charge on any atom is -0.494 e. The van der Waals surface area contributed by atoms with Crippen molar-refractivity contribution < 1.29 is 14.6 Å². The van der Waals surface area contributed by atoms with Gasteiger partial charge in [-0.25, -0.2) is 0 Å². The molecule has 0 spiro atoms. The van der Waals surface area contributed by atoms with Crippen molar-refractivity contribution in [2.75, 3.05) is 13.7 Å². The molecule has 1 atom stereocenters. The first-order valence-electron chi connectivity index (χ1n) is 6.62. The van der Waals surface area contributed by atoms with E-state index in [2.05, 4.69) is 0 Å². The molecule has 19 heavy (non-hydrogen) atoms. The molecular formula is C15H23NO3. The van der Waals surface area contributed by atoms with Gasteiger partial charge in [-0.05, 0) is 51.9 Å². The minimum atomic E-state index is -0.787. The zero-order chi connectivity index (χ0) is 14.4. The van der Waals surface area contributed by atoms with E-state index in [1.807, 2.05) is 57.0 Å².